The van der Waals surface area contributed by atoms with Gasteiger partial charge in [0.15, 0.2) is 0 Å². The highest BCUT2D eigenvalue weighted by molar-refractivity contribution is 5.74. The van der Waals surface area contributed by atoms with Crippen LogP contribution >= 0.6 is 0 Å². The standard InChI is InChI=1S/C10H20N2O2/c1-4-5-6-10(12-9(3)14)7-11-8(2)13/h10H,4-7H2,1-3H3,(H,11,13)(H,12,14). The van der Waals surface area contributed by atoms with E-state index in [1.54, 1.807) is 0 Å². The Balaban J connectivity index is 3.83. The zero-order chi connectivity index (χ0) is 11.0. The third-order valence-corrected chi connectivity index (χ3v) is 1.91. The molecule has 0 bridgehead atoms. The van der Waals surface area contributed by atoms with Gasteiger partial charge in [0.05, 0.1) is 0 Å². The number of carbonyl (C=O) groups is 2. The van der Waals surface area contributed by atoms with Crippen molar-refractivity contribution >= 4 is 11.8 Å². The first-order valence-electron chi connectivity index (χ1n) is 5.07. The van der Waals surface area contributed by atoms with E-state index in [0.29, 0.717) is 6.54 Å². The summed E-state index contributed by atoms with van der Waals surface area (Å²) in [5.74, 6) is -0.103. The van der Waals surface area contributed by atoms with Crippen molar-refractivity contribution < 1.29 is 9.59 Å². The smallest absolute Gasteiger partial charge is 0.217 e. The molecular formula is C10H20N2O2. The van der Waals surface area contributed by atoms with Gasteiger partial charge in [-0.05, 0) is 6.42 Å². The van der Waals surface area contributed by atoms with Crippen LogP contribution in [0.1, 0.15) is 40.0 Å². The van der Waals surface area contributed by atoms with Crippen molar-refractivity contribution in [2.24, 2.45) is 0 Å². The summed E-state index contributed by atoms with van der Waals surface area (Å²) in [5, 5.41) is 5.52. The van der Waals surface area contributed by atoms with Gasteiger partial charge in [0.2, 0.25) is 11.8 Å². The lowest BCUT2D eigenvalue weighted by Gasteiger charge is -2.17. The molecule has 1 atom stereocenters. The highest BCUT2D eigenvalue weighted by Gasteiger charge is 2.09. The maximum absolute atomic E-state index is 10.8. The molecule has 0 saturated heterocycles. The normalized spacial score (nSPS) is 11.9. The van der Waals surface area contributed by atoms with E-state index in [2.05, 4.69) is 17.6 Å². The second kappa shape index (κ2) is 7.35. The van der Waals surface area contributed by atoms with Gasteiger partial charge < -0.3 is 10.6 Å². The van der Waals surface area contributed by atoms with E-state index in [4.69, 9.17) is 0 Å². The van der Waals surface area contributed by atoms with Crippen molar-refractivity contribution in [3.8, 4) is 0 Å². The van der Waals surface area contributed by atoms with E-state index in [1.165, 1.54) is 13.8 Å². The van der Waals surface area contributed by atoms with Crippen LogP contribution in [-0.4, -0.2) is 24.4 Å². The average molecular weight is 200 g/mol. The molecule has 82 valence electrons. The summed E-state index contributed by atoms with van der Waals surface area (Å²) < 4.78 is 0. The fourth-order valence-electron chi connectivity index (χ4n) is 1.23. The van der Waals surface area contributed by atoms with Crippen LogP contribution < -0.4 is 10.6 Å². The maximum Gasteiger partial charge on any atom is 0.217 e. The fraction of sp³-hybridized carbons (Fsp3) is 0.800. The molecule has 0 aromatic carbocycles. The first-order chi connectivity index (χ1) is 6.56. The zero-order valence-electron chi connectivity index (χ0n) is 9.22. The monoisotopic (exact) mass is 200 g/mol. The van der Waals surface area contributed by atoms with Crippen LogP contribution in [-0.2, 0) is 9.59 Å². The van der Waals surface area contributed by atoms with Crippen molar-refractivity contribution in [2.45, 2.75) is 46.1 Å². The molecule has 0 heterocycles. The predicted octanol–water partition coefficient (Wildman–Crippen LogP) is 0.817. The van der Waals surface area contributed by atoms with E-state index >= 15 is 0 Å². The first kappa shape index (κ1) is 12.9. The van der Waals surface area contributed by atoms with E-state index in [1.807, 2.05) is 0 Å². The molecule has 0 aromatic rings. The Bertz CT molecular complexity index is 193. The Morgan fingerprint density at radius 2 is 1.86 bits per heavy atom. The lowest BCUT2D eigenvalue weighted by atomic mass is 10.1. The highest BCUT2D eigenvalue weighted by Crippen LogP contribution is 1.99. The molecule has 2 amide bonds. The average Bonchev–Trinajstić information content (AvgIpc) is 2.09. The molecule has 0 fully saturated rings. The molecule has 0 aliphatic heterocycles. The Morgan fingerprint density at radius 3 is 2.29 bits per heavy atom. The quantitative estimate of drug-likeness (QED) is 0.667. The Hall–Kier alpha value is -1.06. The summed E-state index contributed by atoms with van der Waals surface area (Å²) in [6.07, 6.45) is 3.07. The Labute approximate surface area is 85.4 Å². The minimum atomic E-state index is -0.0585. The SMILES string of the molecule is CCCCC(CNC(C)=O)NC(C)=O. The number of nitrogens with one attached hydrogen (secondary N) is 2. The van der Waals surface area contributed by atoms with Gasteiger partial charge in [-0.3, -0.25) is 9.59 Å². The molecule has 4 heteroatoms. The summed E-state index contributed by atoms with van der Waals surface area (Å²) in [7, 11) is 0. The van der Waals surface area contributed by atoms with E-state index < -0.39 is 0 Å². The summed E-state index contributed by atoms with van der Waals surface area (Å²) >= 11 is 0. The first-order valence-corrected chi connectivity index (χ1v) is 5.07. The van der Waals surface area contributed by atoms with Crippen LogP contribution in [0, 0.1) is 0 Å². The van der Waals surface area contributed by atoms with Gasteiger partial charge in [0.1, 0.15) is 0 Å². The molecule has 0 aliphatic rings. The topological polar surface area (TPSA) is 58.2 Å². The van der Waals surface area contributed by atoms with Crippen molar-refractivity contribution in [1.82, 2.24) is 10.6 Å². The lowest BCUT2D eigenvalue weighted by molar-refractivity contribution is -0.121. The Kier molecular flexibility index (Phi) is 6.80. The van der Waals surface area contributed by atoms with Gasteiger partial charge in [-0.1, -0.05) is 19.8 Å². The van der Waals surface area contributed by atoms with Gasteiger partial charge in [-0.15, -0.1) is 0 Å². The van der Waals surface area contributed by atoms with Crippen LogP contribution in [0.2, 0.25) is 0 Å². The van der Waals surface area contributed by atoms with Crippen molar-refractivity contribution in [3.63, 3.8) is 0 Å². The van der Waals surface area contributed by atoms with Gasteiger partial charge >= 0.3 is 0 Å². The lowest BCUT2D eigenvalue weighted by Crippen LogP contribution is -2.42. The van der Waals surface area contributed by atoms with E-state index in [-0.39, 0.29) is 17.9 Å². The van der Waals surface area contributed by atoms with Crippen LogP contribution in [0.15, 0.2) is 0 Å². The molecule has 0 aliphatic carbocycles. The molecule has 0 spiro atoms. The second-order valence-corrected chi connectivity index (χ2v) is 3.48. The molecule has 0 rings (SSSR count). The van der Waals surface area contributed by atoms with E-state index in [0.717, 1.165) is 19.3 Å². The predicted molar refractivity (Wildman–Crippen MR) is 55.8 cm³/mol. The molecule has 0 radical (unpaired) electrons. The minimum absolute atomic E-state index is 0.0449. The van der Waals surface area contributed by atoms with Gasteiger partial charge in [0, 0.05) is 26.4 Å². The molecule has 0 aromatic heterocycles. The van der Waals surface area contributed by atoms with Crippen molar-refractivity contribution in [2.75, 3.05) is 6.54 Å². The van der Waals surface area contributed by atoms with Crippen LogP contribution in [0.25, 0.3) is 0 Å². The summed E-state index contributed by atoms with van der Waals surface area (Å²) in [5.41, 5.74) is 0. The van der Waals surface area contributed by atoms with Crippen LogP contribution in [0.5, 0.6) is 0 Å². The third-order valence-electron chi connectivity index (χ3n) is 1.91. The Morgan fingerprint density at radius 1 is 1.21 bits per heavy atom. The summed E-state index contributed by atoms with van der Waals surface area (Å²) in [6.45, 7) is 5.59. The molecule has 4 nitrogen and oxygen atoms in total. The number of hydrogen-bond acceptors (Lipinski definition) is 2. The van der Waals surface area contributed by atoms with Crippen LogP contribution in [0.3, 0.4) is 0 Å². The van der Waals surface area contributed by atoms with Crippen LogP contribution in [0.4, 0.5) is 0 Å². The number of amides is 2. The summed E-state index contributed by atoms with van der Waals surface area (Å²) in [6, 6.07) is 0.0661. The molecule has 14 heavy (non-hydrogen) atoms. The van der Waals surface area contributed by atoms with Gasteiger partial charge in [-0.2, -0.15) is 0 Å². The van der Waals surface area contributed by atoms with Gasteiger partial charge in [-0.25, -0.2) is 0 Å². The number of hydrogen-bond donors (Lipinski definition) is 2. The molecule has 2 N–H and O–H groups in total. The highest BCUT2D eigenvalue weighted by atomic mass is 16.2. The molecule has 0 saturated carbocycles. The zero-order valence-corrected chi connectivity index (χ0v) is 9.22. The number of carbonyl (C=O) groups excluding carboxylic acids is 2. The van der Waals surface area contributed by atoms with Crippen molar-refractivity contribution in [3.05, 3.63) is 0 Å². The molecular weight excluding hydrogens is 180 g/mol. The van der Waals surface area contributed by atoms with Gasteiger partial charge in [0.25, 0.3) is 0 Å². The van der Waals surface area contributed by atoms with Crippen molar-refractivity contribution in [1.29, 1.82) is 0 Å². The number of rotatable bonds is 6. The van der Waals surface area contributed by atoms with E-state index in [9.17, 15) is 9.59 Å². The molecule has 1 unspecified atom stereocenters. The number of unbranched alkanes of at least 4 members (excludes halogenated alkanes) is 1. The largest absolute Gasteiger partial charge is 0.354 e. The minimum Gasteiger partial charge on any atom is -0.354 e. The maximum atomic E-state index is 10.8. The third kappa shape index (κ3) is 7.58. The second-order valence-electron chi connectivity index (χ2n) is 3.48. The summed E-state index contributed by atoms with van der Waals surface area (Å²) in [4.78, 5) is 21.5. The fourth-order valence-corrected chi connectivity index (χ4v) is 1.23.